The Kier molecular flexibility index (Phi) is 4.50. The number of thiophene rings is 1. The molecule has 3 rings (SSSR count). The second-order valence-electron chi connectivity index (χ2n) is 3.33. The number of halogens is 2. The third-order valence-corrected chi connectivity index (χ3v) is 5.25. The molecule has 3 aromatic heterocycles. The standard InChI is InChI=1S/C10H6ClN3S3.BrH/c1-5-9(17-14-13-5)10-12-6(4-15-10)7-2-3-8(11)16-7;/h2-4H,1H3;1H/p-1. The zero-order valence-corrected chi connectivity index (χ0v) is 13.8. The quantitative estimate of drug-likeness (QED) is 0.675. The van der Waals surface area contributed by atoms with Crippen molar-refractivity contribution in [3.8, 4) is 20.5 Å². The van der Waals surface area contributed by atoms with Crippen LogP contribution >= 0.6 is 45.8 Å². The largest absolute Gasteiger partial charge is 1.00 e. The molecule has 0 fully saturated rings. The highest BCUT2D eigenvalue weighted by atomic mass is 79.9. The van der Waals surface area contributed by atoms with Gasteiger partial charge in [-0.1, -0.05) is 16.1 Å². The van der Waals surface area contributed by atoms with Crippen LogP contribution < -0.4 is 17.0 Å². The molecule has 0 bridgehead atoms. The maximum atomic E-state index is 5.92. The molecule has 0 saturated heterocycles. The molecule has 8 heteroatoms. The molecule has 3 aromatic rings. The van der Waals surface area contributed by atoms with Crippen LogP contribution in [0.25, 0.3) is 20.5 Å². The van der Waals surface area contributed by atoms with Crippen molar-refractivity contribution in [1.29, 1.82) is 0 Å². The Morgan fingerprint density at radius 3 is 2.72 bits per heavy atom. The van der Waals surface area contributed by atoms with Gasteiger partial charge in [0.25, 0.3) is 0 Å². The maximum absolute atomic E-state index is 5.92. The van der Waals surface area contributed by atoms with Crippen LogP contribution in [0.3, 0.4) is 0 Å². The molecular weight excluding hydrogens is 374 g/mol. The molecule has 3 nitrogen and oxygen atoms in total. The van der Waals surface area contributed by atoms with E-state index in [1.165, 1.54) is 22.9 Å². The molecule has 94 valence electrons. The number of aryl methyl sites for hydroxylation is 1. The Balaban J connectivity index is 0.00000120. The van der Waals surface area contributed by atoms with Crippen LogP contribution in [0.5, 0.6) is 0 Å². The zero-order chi connectivity index (χ0) is 11.8. The summed E-state index contributed by atoms with van der Waals surface area (Å²) >= 11 is 10.4. The molecule has 0 aliphatic rings. The number of aromatic nitrogens is 3. The summed E-state index contributed by atoms with van der Waals surface area (Å²) < 4.78 is 4.71. The Labute approximate surface area is 131 Å². The van der Waals surface area contributed by atoms with Gasteiger partial charge in [0.1, 0.15) is 9.88 Å². The fourth-order valence-corrected chi connectivity index (χ4v) is 4.06. The van der Waals surface area contributed by atoms with Crippen molar-refractivity contribution in [2.75, 3.05) is 0 Å². The lowest BCUT2D eigenvalue weighted by atomic mass is 10.4. The van der Waals surface area contributed by atoms with Gasteiger partial charge in [0.05, 0.1) is 20.6 Å². The predicted octanol–water partition coefficient (Wildman–Crippen LogP) is 1.36. The van der Waals surface area contributed by atoms with Gasteiger partial charge < -0.3 is 17.0 Å². The van der Waals surface area contributed by atoms with Crippen LogP contribution in [0.1, 0.15) is 5.69 Å². The fraction of sp³-hybridized carbons (Fsp3) is 0.100. The van der Waals surface area contributed by atoms with E-state index in [2.05, 4.69) is 14.6 Å². The average Bonchev–Trinajstić information content (AvgIpc) is 2.97. The minimum Gasteiger partial charge on any atom is -1.00 e. The summed E-state index contributed by atoms with van der Waals surface area (Å²) in [5.41, 5.74) is 1.90. The lowest BCUT2D eigenvalue weighted by Gasteiger charge is -1.89. The summed E-state index contributed by atoms with van der Waals surface area (Å²) in [5, 5.41) is 7.00. The van der Waals surface area contributed by atoms with E-state index in [-0.39, 0.29) is 17.0 Å². The second kappa shape index (κ2) is 5.75. The average molecular weight is 380 g/mol. The van der Waals surface area contributed by atoms with Crippen molar-refractivity contribution >= 4 is 45.8 Å². The number of thiazole rings is 1. The smallest absolute Gasteiger partial charge is 0.137 e. The summed E-state index contributed by atoms with van der Waals surface area (Å²) in [6.45, 7) is 1.95. The first kappa shape index (κ1) is 14.1. The highest BCUT2D eigenvalue weighted by Gasteiger charge is 2.12. The van der Waals surface area contributed by atoms with Crippen LogP contribution in [-0.2, 0) is 0 Å². The van der Waals surface area contributed by atoms with Crippen molar-refractivity contribution < 1.29 is 17.0 Å². The molecular formula is C10H6BrClN3S3-. The number of nitrogens with zero attached hydrogens (tertiary/aromatic N) is 3. The zero-order valence-electron chi connectivity index (χ0n) is 9.05. The molecule has 0 aliphatic carbocycles. The number of hydrogen-bond acceptors (Lipinski definition) is 6. The lowest BCUT2D eigenvalue weighted by Crippen LogP contribution is -3.00. The summed E-state index contributed by atoms with van der Waals surface area (Å²) in [5.74, 6) is 0. The highest BCUT2D eigenvalue weighted by Crippen LogP contribution is 2.35. The van der Waals surface area contributed by atoms with Crippen LogP contribution in [-0.4, -0.2) is 14.6 Å². The first-order valence-electron chi connectivity index (χ1n) is 4.74. The molecule has 0 radical (unpaired) electrons. The van der Waals surface area contributed by atoms with Crippen molar-refractivity contribution in [2.45, 2.75) is 6.92 Å². The predicted molar refractivity (Wildman–Crippen MR) is 74.1 cm³/mol. The van der Waals surface area contributed by atoms with Gasteiger partial charge in [0.15, 0.2) is 0 Å². The minimum absolute atomic E-state index is 0. The Morgan fingerprint density at radius 2 is 2.11 bits per heavy atom. The van der Waals surface area contributed by atoms with Crippen LogP contribution in [0.15, 0.2) is 17.5 Å². The van der Waals surface area contributed by atoms with Gasteiger partial charge in [-0.2, -0.15) is 0 Å². The number of rotatable bonds is 2. The summed E-state index contributed by atoms with van der Waals surface area (Å²) in [6, 6.07) is 3.88. The van der Waals surface area contributed by atoms with Gasteiger partial charge in [-0.25, -0.2) is 4.98 Å². The van der Waals surface area contributed by atoms with E-state index in [1.54, 1.807) is 11.3 Å². The van der Waals surface area contributed by atoms with Crippen molar-refractivity contribution in [1.82, 2.24) is 14.6 Å². The lowest BCUT2D eigenvalue weighted by molar-refractivity contribution is -0.00000327. The van der Waals surface area contributed by atoms with Gasteiger partial charge in [-0.05, 0) is 30.6 Å². The second-order valence-corrected chi connectivity index (χ2v) is 6.66. The molecule has 0 aromatic carbocycles. The first-order valence-corrected chi connectivity index (χ1v) is 7.59. The van der Waals surface area contributed by atoms with E-state index in [0.29, 0.717) is 0 Å². The van der Waals surface area contributed by atoms with Crippen LogP contribution in [0.4, 0.5) is 0 Å². The Morgan fingerprint density at radius 1 is 1.28 bits per heavy atom. The maximum Gasteiger partial charge on any atom is 0.137 e. The topological polar surface area (TPSA) is 38.7 Å². The van der Waals surface area contributed by atoms with E-state index < -0.39 is 0 Å². The van der Waals surface area contributed by atoms with Crippen molar-refractivity contribution in [2.24, 2.45) is 0 Å². The van der Waals surface area contributed by atoms with Gasteiger partial charge >= 0.3 is 0 Å². The van der Waals surface area contributed by atoms with E-state index in [9.17, 15) is 0 Å². The van der Waals surface area contributed by atoms with Gasteiger partial charge in [0.2, 0.25) is 0 Å². The molecule has 0 amide bonds. The van der Waals surface area contributed by atoms with E-state index in [4.69, 9.17) is 11.6 Å². The molecule has 0 spiro atoms. The Bertz CT molecular complexity index is 661. The van der Waals surface area contributed by atoms with Gasteiger partial charge in [-0.15, -0.1) is 27.8 Å². The summed E-state index contributed by atoms with van der Waals surface area (Å²) in [7, 11) is 0. The fourth-order valence-electron chi connectivity index (χ4n) is 1.37. The molecule has 0 atom stereocenters. The molecule has 18 heavy (non-hydrogen) atoms. The monoisotopic (exact) mass is 378 g/mol. The SMILES string of the molecule is Cc1nnsc1-c1nc(-c2ccc(Cl)s2)cs1.[Br-]. The van der Waals surface area contributed by atoms with Crippen LogP contribution in [0.2, 0.25) is 4.34 Å². The van der Waals surface area contributed by atoms with Crippen molar-refractivity contribution in [3.63, 3.8) is 0 Å². The van der Waals surface area contributed by atoms with Gasteiger partial charge in [-0.3, -0.25) is 0 Å². The third kappa shape index (κ3) is 2.65. The minimum atomic E-state index is 0. The van der Waals surface area contributed by atoms with E-state index >= 15 is 0 Å². The van der Waals surface area contributed by atoms with Crippen molar-refractivity contribution in [3.05, 3.63) is 27.5 Å². The summed E-state index contributed by atoms with van der Waals surface area (Å²) in [4.78, 5) is 6.73. The normalized spacial score (nSPS) is 10.3. The van der Waals surface area contributed by atoms with Crippen LogP contribution in [0, 0.1) is 6.92 Å². The molecule has 0 N–H and O–H groups in total. The molecule has 0 aliphatic heterocycles. The highest BCUT2D eigenvalue weighted by molar-refractivity contribution is 7.20. The summed E-state index contributed by atoms with van der Waals surface area (Å²) in [6.07, 6.45) is 0. The third-order valence-electron chi connectivity index (χ3n) is 2.18. The van der Waals surface area contributed by atoms with E-state index in [0.717, 1.165) is 30.5 Å². The number of hydrogen-bond donors (Lipinski definition) is 0. The molecule has 3 heterocycles. The molecule has 0 saturated carbocycles. The Hall–Kier alpha value is -0.340. The van der Waals surface area contributed by atoms with Gasteiger partial charge in [0, 0.05) is 5.38 Å². The van der Waals surface area contributed by atoms with E-state index in [1.807, 2.05) is 24.4 Å². The first-order chi connectivity index (χ1) is 8.24. The molecule has 0 unspecified atom stereocenters.